The van der Waals surface area contributed by atoms with Crippen molar-refractivity contribution in [3.05, 3.63) is 47.5 Å². The molecule has 0 spiro atoms. The summed E-state index contributed by atoms with van der Waals surface area (Å²) in [5, 5.41) is 11.2. The van der Waals surface area contributed by atoms with Gasteiger partial charge in [-0.05, 0) is 12.1 Å². The Morgan fingerprint density at radius 3 is 2.58 bits per heavy atom. The second-order valence-electron chi connectivity index (χ2n) is 5.35. The van der Waals surface area contributed by atoms with Crippen LogP contribution >= 0.6 is 11.8 Å². The van der Waals surface area contributed by atoms with Crippen molar-refractivity contribution in [2.45, 2.75) is 22.4 Å². The first-order chi connectivity index (χ1) is 12.2. The summed E-state index contributed by atoms with van der Waals surface area (Å²) in [6.45, 7) is 0. The van der Waals surface area contributed by atoms with Crippen LogP contribution in [-0.4, -0.2) is 32.3 Å². The largest absolute Gasteiger partial charge is 0.478 e. The van der Waals surface area contributed by atoms with Gasteiger partial charge in [-0.2, -0.15) is 13.2 Å². The smallest absolute Gasteiger partial charge is 0.434 e. The summed E-state index contributed by atoms with van der Waals surface area (Å²) >= 11 is 1.20. The number of carboxylic acid groups (broad SMARTS) is 1. The number of rotatable bonds is 4. The van der Waals surface area contributed by atoms with Crippen LogP contribution in [0.1, 0.15) is 27.8 Å². The molecule has 0 aliphatic carbocycles. The lowest BCUT2D eigenvalue weighted by Crippen LogP contribution is -2.34. The van der Waals surface area contributed by atoms with Gasteiger partial charge < -0.3 is 16.2 Å². The number of halogens is 3. The van der Waals surface area contributed by atoms with E-state index in [0.717, 1.165) is 4.90 Å². The second kappa shape index (κ2) is 6.48. The average Bonchev–Trinajstić information content (AvgIpc) is 2.96. The molecule has 3 rings (SSSR count). The molecule has 1 amide bonds. The molecule has 0 bridgehead atoms. The molecule has 0 radical (unpaired) electrons. The summed E-state index contributed by atoms with van der Waals surface area (Å²) in [4.78, 5) is 30.7. The number of fused-ring (bicyclic) bond motifs is 1. The number of hydrogen-bond acceptors (Lipinski definition) is 6. The Balaban J connectivity index is 2.02. The van der Waals surface area contributed by atoms with E-state index in [1.54, 1.807) is 24.3 Å². The topological polar surface area (TPSA) is 118 Å². The van der Waals surface area contributed by atoms with Crippen LogP contribution in [0.2, 0.25) is 0 Å². The first-order valence-electron chi connectivity index (χ1n) is 7.17. The highest BCUT2D eigenvalue weighted by Crippen LogP contribution is 2.43. The van der Waals surface area contributed by atoms with Gasteiger partial charge in [-0.15, -0.1) is 0 Å². The fraction of sp³-hybridized carbons (Fsp3) is 0.200. The van der Waals surface area contributed by atoms with E-state index in [1.807, 2.05) is 0 Å². The molecular formula is C15H11F3N4O3S. The minimum Gasteiger partial charge on any atom is -0.478 e. The molecule has 11 heteroatoms. The number of hydrogen-bond donors (Lipinski definition) is 3. The Kier molecular flexibility index (Phi) is 4.48. The molecule has 1 aromatic heterocycles. The second-order valence-corrected chi connectivity index (χ2v) is 6.54. The normalized spacial score (nSPS) is 17.3. The predicted molar refractivity (Wildman–Crippen MR) is 85.6 cm³/mol. The lowest BCUT2D eigenvalue weighted by atomic mass is 10.1. The molecule has 2 unspecified atom stereocenters. The van der Waals surface area contributed by atoms with Gasteiger partial charge in [-0.25, -0.2) is 14.8 Å². The number of carbonyl (C=O) groups is 2. The van der Waals surface area contributed by atoms with E-state index < -0.39 is 46.4 Å². The van der Waals surface area contributed by atoms with Crippen molar-refractivity contribution in [3.8, 4) is 0 Å². The van der Waals surface area contributed by atoms with E-state index in [-0.39, 0.29) is 0 Å². The number of benzene rings is 1. The maximum Gasteiger partial charge on any atom is 0.434 e. The molecule has 0 saturated carbocycles. The molecule has 0 fully saturated rings. The molecule has 2 heterocycles. The summed E-state index contributed by atoms with van der Waals surface area (Å²) in [5.41, 5.74) is 3.35. The van der Waals surface area contributed by atoms with Crippen molar-refractivity contribution >= 4 is 29.3 Å². The van der Waals surface area contributed by atoms with Gasteiger partial charge in [0, 0.05) is 16.8 Å². The highest BCUT2D eigenvalue weighted by Gasteiger charge is 2.41. The standard InChI is InChI=1S/C15H11F3N4O3S/c16-15(17,18)10-6(14(24)25)5-20-12(22-10)9(11(19)23)13-21-7-3-1-2-4-8(7)26-13/h1-5,9,13,21H,(H2,19,23)(H,24,25). The Morgan fingerprint density at radius 1 is 1.31 bits per heavy atom. The van der Waals surface area contributed by atoms with Gasteiger partial charge in [-0.1, -0.05) is 23.9 Å². The monoisotopic (exact) mass is 384 g/mol. The Morgan fingerprint density at radius 2 is 2.00 bits per heavy atom. The molecule has 2 atom stereocenters. The van der Waals surface area contributed by atoms with Crippen molar-refractivity contribution in [1.29, 1.82) is 0 Å². The number of aromatic carboxylic acids is 1. The van der Waals surface area contributed by atoms with Crippen molar-refractivity contribution < 1.29 is 27.9 Å². The van der Waals surface area contributed by atoms with Crippen LogP contribution in [0.25, 0.3) is 0 Å². The number of thioether (sulfide) groups is 1. The van der Waals surface area contributed by atoms with Crippen LogP contribution < -0.4 is 11.1 Å². The third kappa shape index (κ3) is 3.29. The molecule has 2 aromatic rings. The van der Waals surface area contributed by atoms with Crippen LogP contribution in [0.3, 0.4) is 0 Å². The van der Waals surface area contributed by atoms with Gasteiger partial charge >= 0.3 is 12.1 Å². The maximum absolute atomic E-state index is 13.2. The summed E-state index contributed by atoms with van der Waals surface area (Å²) in [7, 11) is 0. The quantitative estimate of drug-likeness (QED) is 0.740. The summed E-state index contributed by atoms with van der Waals surface area (Å²) in [6, 6.07) is 7.06. The lowest BCUT2D eigenvalue weighted by Gasteiger charge is -2.20. The predicted octanol–water partition coefficient (Wildman–Crippen LogP) is 2.31. The Labute approximate surface area is 148 Å². The molecule has 4 N–H and O–H groups in total. The summed E-state index contributed by atoms with van der Waals surface area (Å²) < 4.78 is 39.5. The maximum atomic E-state index is 13.2. The van der Waals surface area contributed by atoms with Crippen LogP contribution in [0.4, 0.5) is 18.9 Å². The highest BCUT2D eigenvalue weighted by atomic mass is 32.2. The molecule has 1 aromatic carbocycles. The van der Waals surface area contributed by atoms with Gasteiger partial charge in [0.25, 0.3) is 0 Å². The Bertz CT molecular complexity index is 866. The zero-order valence-electron chi connectivity index (χ0n) is 12.8. The third-order valence-electron chi connectivity index (χ3n) is 3.63. The number of primary amides is 1. The molecule has 0 saturated heterocycles. The van der Waals surface area contributed by atoms with Crippen molar-refractivity contribution in [2.75, 3.05) is 5.32 Å². The van der Waals surface area contributed by atoms with Gasteiger partial charge in [0.15, 0.2) is 5.69 Å². The Hall–Kier alpha value is -2.82. The fourth-order valence-electron chi connectivity index (χ4n) is 2.49. The minimum absolute atomic E-state index is 0.493. The van der Waals surface area contributed by atoms with Gasteiger partial charge in [0.1, 0.15) is 17.3 Å². The van der Waals surface area contributed by atoms with Crippen LogP contribution in [0.5, 0.6) is 0 Å². The highest BCUT2D eigenvalue weighted by molar-refractivity contribution is 8.00. The SMILES string of the molecule is NC(=O)C(c1ncc(C(=O)O)c(C(F)(F)F)n1)C1Nc2ccccc2S1. The zero-order valence-corrected chi connectivity index (χ0v) is 13.6. The lowest BCUT2D eigenvalue weighted by molar-refractivity contribution is -0.142. The number of nitrogens with zero attached hydrogens (tertiary/aromatic N) is 2. The summed E-state index contributed by atoms with van der Waals surface area (Å²) in [6.07, 6.45) is -4.48. The van der Waals surface area contributed by atoms with Gasteiger partial charge in [0.05, 0.1) is 5.37 Å². The number of alkyl halides is 3. The summed E-state index contributed by atoms with van der Waals surface area (Å²) in [5.74, 6) is -4.54. The van der Waals surface area contributed by atoms with Crippen LogP contribution in [0, 0.1) is 0 Å². The molecule has 7 nitrogen and oxygen atoms in total. The number of nitrogens with one attached hydrogen (secondary N) is 1. The third-order valence-corrected chi connectivity index (χ3v) is 4.89. The number of anilines is 1. The zero-order chi connectivity index (χ0) is 19.1. The fourth-order valence-corrected chi connectivity index (χ4v) is 3.75. The van der Waals surface area contributed by atoms with Crippen molar-refractivity contribution in [2.24, 2.45) is 5.73 Å². The number of aromatic nitrogens is 2. The van der Waals surface area contributed by atoms with Crippen LogP contribution in [0.15, 0.2) is 35.4 Å². The number of amides is 1. The number of nitrogens with two attached hydrogens (primary N) is 1. The molecular weight excluding hydrogens is 373 g/mol. The molecule has 1 aliphatic rings. The number of para-hydroxylation sites is 1. The van der Waals surface area contributed by atoms with Crippen molar-refractivity contribution in [3.63, 3.8) is 0 Å². The number of carboxylic acids is 1. The molecule has 26 heavy (non-hydrogen) atoms. The van der Waals surface area contributed by atoms with E-state index in [1.165, 1.54) is 11.8 Å². The van der Waals surface area contributed by atoms with E-state index in [9.17, 15) is 22.8 Å². The minimum atomic E-state index is -5.02. The van der Waals surface area contributed by atoms with E-state index >= 15 is 0 Å². The first-order valence-corrected chi connectivity index (χ1v) is 8.05. The molecule has 1 aliphatic heterocycles. The molecule has 136 valence electrons. The van der Waals surface area contributed by atoms with Gasteiger partial charge in [-0.3, -0.25) is 4.79 Å². The van der Waals surface area contributed by atoms with Crippen LogP contribution in [-0.2, 0) is 11.0 Å². The van der Waals surface area contributed by atoms with Gasteiger partial charge in [0.2, 0.25) is 5.91 Å². The van der Waals surface area contributed by atoms with E-state index in [0.29, 0.717) is 11.9 Å². The number of carbonyl (C=O) groups excluding carboxylic acids is 1. The van der Waals surface area contributed by atoms with E-state index in [2.05, 4.69) is 15.3 Å². The average molecular weight is 384 g/mol. The first kappa shape index (κ1) is 18.0. The van der Waals surface area contributed by atoms with E-state index in [4.69, 9.17) is 10.8 Å². The van der Waals surface area contributed by atoms with Crippen molar-refractivity contribution in [1.82, 2.24) is 9.97 Å².